The number of Topliss-reactive ketones (excluding diaryl/α,β-unsaturated/α-hetero) is 2. The molecule has 9 nitrogen and oxygen atoms in total. The van der Waals surface area contributed by atoms with Gasteiger partial charge in [0.15, 0.2) is 5.78 Å². The fourth-order valence-electron chi connectivity index (χ4n) is 5.15. The SMILES string of the molecule is CC(C)(C)OC(=O)N[C@H](C(=O)C[C@@H](CC1CC1)C(=O)NC(CC1CC1)C(=O)C(N)=O)C1CCCCC1. The highest BCUT2D eigenvalue weighted by Gasteiger charge is 2.39. The van der Waals surface area contributed by atoms with E-state index in [-0.39, 0.29) is 18.1 Å². The van der Waals surface area contributed by atoms with E-state index >= 15 is 0 Å². The van der Waals surface area contributed by atoms with E-state index in [4.69, 9.17) is 10.5 Å². The van der Waals surface area contributed by atoms with Crippen LogP contribution in [0, 0.1) is 23.7 Å². The number of hydrogen-bond acceptors (Lipinski definition) is 6. The van der Waals surface area contributed by atoms with Gasteiger partial charge in [-0.3, -0.25) is 19.2 Å². The second kappa shape index (κ2) is 12.2. The Kier molecular flexibility index (Phi) is 9.53. The first-order valence-electron chi connectivity index (χ1n) is 13.6. The van der Waals surface area contributed by atoms with Gasteiger partial charge >= 0.3 is 6.09 Å². The standard InChI is InChI=1S/C27H43N3O6/c1-27(2,3)36-26(35)30-22(18-7-5-4-6-8-18)21(31)15-19(13-16-9-10-16)25(34)29-20(14-17-11-12-17)23(32)24(28)33/h16-20,22H,4-15H2,1-3H3,(H2,28,33)(H,29,34)(H,30,35)/t19-,20?,22+/m1/s1. The maximum atomic E-state index is 13.6. The third-order valence-corrected chi connectivity index (χ3v) is 7.42. The molecule has 3 fully saturated rings. The molecule has 202 valence electrons. The number of carbonyl (C=O) groups is 5. The Bertz CT molecular complexity index is 837. The van der Waals surface area contributed by atoms with Crippen molar-refractivity contribution in [2.45, 2.75) is 116 Å². The maximum absolute atomic E-state index is 13.6. The summed E-state index contributed by atoms with van der Waals surface area (Å²) in [6, 6.07) is -1.67. The van der Waals surface area contributed by atoms with Crippen molar-refractivity contribution in [1.82, 2.24) is 10.6 Å². The van der Waals surface area contributed by atoms with Gasteiger partial charge < -0.3 is 21.1 Å². The highest BCUT2D eigenvalue weighted by Crippen LogP contribution is 2.38. The van der Waals surface area contributed by atoms with Crippen molar-refractivity contribution in [3.05, 3.63) is 0 Å². The molecule has 0 heterocycles. The molecule has 3 rings (SSSR count). The van der Waals surface area contributed by atoms with Gasteiger partial charge in [0, 0.05) is 12.3 Å². The summed E-state index contributed by atoms with van der Waals surface area (Å²) >= 11 is 0. The smallest absolute Gasteiger partial charge is 0.408 e. The average molecular weight is 506 g/mol. The summed E-state index contributed by atoms with van der Waals surface area (Å²) in [7, 11) is 0. The lowest BCUT2D eigenvalue weighted by molar-refractivity contribution is -0.139. The van der Waals surface area contributed by atoms with Crippen LogP contribution in [-0.4, -0.2) is 47.2 Å². The first kappa shape index (κ1) is 28.1. The molecule has 0 spiro atoms. The van der Waals surface area contributed by atoms with Crippen molar-refractivity contribution in [2.24, 2.45) is 29.4 Å². The van der Waals surface area contributed by atoms with Crippen LogP contribution in [0.4, 0.5) is 4.79 Å². The van der Waals surface area contributed by atoms with Crippen LogP contribution in [0.5, 0.6) is 0 Å². The molecular weight excluding hydrogens is 462 g/mol. The van der Waals surface area contributed by atoms with Crippen LogP contribution in [0.25, 0.3) is 0 Å². The molecule has 3 atom stereocenters. The minimum Gasteiger partial charge on any atom is -0.444 e. The van der Waals surface area contributed by atoms with E-state index in [2.05, 4.69) is 10.6 Å². The van der Waals surface area contributed by atoms with Gasteiger partial charge in [-0.1, -0.05) is 44.9 Å². The second-order valence-corrected chi connectivity index (χ2v) is 12.0. The van der Waals surface area contributed by atoms with Gasteiger partial charge in [-0.15, -0.1) is 0 Å². The van der Waals surface area contributed by atoms with Gasteiger partial charge in [-0.2, -0.15) is 0 Å². The lowest BCUT2D eigenvalue weighted by atomic mass is 9.80. The van der Waals surface area contributed by atoms with Crippen LogP contribution < -0.4 is 16.4 Å². The fourth-order valence-corrected chi connectivity index (χ4v) is 5.15. The van der Waals surface area contributed by atoms with E-state index in [0.717, 1.165) is 57.8 Å². The number of nitrogens with one attached hydrogen (secondary N) is 2. The number of alkyl carbamates (subject to hydrolysis) is 1. The Morgan fingerprint density at radius 1 is 0.861 bits per heavy atom. The van der Waals surface area contributed by atoms with Gasteiger partial charge in [0.05, 0.1) is 12.1 Å². The molecule has 1 unspecified atom stereocenters. The zero-order valence-electron chi connectivity index (χ0n) is 22.0. The van der Waals surface area contributed by atoms with Gasteiger partial charge in [0.25, 0.3) is 5.91 Å². The molecule has 0 saturated heterocycles. The van der Waals surface area contributed by atoms with Gasteiger partial charge in [0.2, 0.25) is 11.7 Å². The molecule has 9 heteroatoms. The van der Waals surface area contributed by atoms with Crippen LogP contribution in [0.15, 0.2) is 0 Å². The van der Waals surface area contributed by atoms with E-state index in [1.165, 1.54) is 0 Å². The van der Waals surface area contributed by atoms with E-state index in [9.17, 15) is 24.0 Å². The third-order valence-electron chi connectivity index (χ3n) is 7.42. The number of rotatable bonds is 13. The van der Waals surface area contributed by atoms with E-state index in [0.29, 0.717) is 24.7 Å². The number of ether oxygens (including phenoxy) is 1. The Morgan fingerprint density at radius 2 is 1.44 bits per heavy atom. The first-order valence-corrected chi connectivity index (χ1v) is 13.6. The maximum Gasteiger partial charge on any atom is 0.408 e. The Labute approximate surface area is 214 Å². The molecule has 0 radical (unpaired) electrons. The molecule has 0 aromatic carbocycles. The normalized spacial score (nSPS) is 21.1. The molecule has 36 heavy (non-hydrogen) atoms. The highest BCUT2D eigenvalue weighted by atomic mass is 16.6. The monoisotopic (exact) mass is 505 g/mol. The zero-order valence-corrected chi connectivity index (χ0v) is 22.0. The Balaban J connectivity index is 1.71. The Hall–Kier alpha value is -2.45. The number of ketones is 2. The minimum absolute atomic E-state index is 0.00228. The molecule has 0 aromatic heterocycles. The van der Waals surface area contributed by atoms with Gasteiger partial charge in [0.1, 0.15) is 5.60 Å². The molecule has 3 aliphatic rings. The van der Waals surface area contributed by atoms with Crippen LogP contribution in [0.1, 0.15) is 97.8 Å². The van der Waals surface area contributed by atoms with Crippen molar-refractivity contribution in [3.8, 4) is 0 Å². The number of nitrogens with two attached hydrogens (primary N) is 1. The van der Waals surface area contributed by atoms with E-state index < -0.39 is 47.3 Å². The number of carbonyl (C=O) groups excluding carboxylic acids is 5. The predicted octanol–water partition coefficient (Wildman–Crippen LogP) is 3.17. The number of primary amides is 1. The molecule has 0 aromatic rings. The van der Waals surface area contributed by atoms with Crippen molar-refractivity contribution in [1.29, 1.82) is 0 Å². The molecule has 3 amide bonds. The summed E-state index contributed by atoms with van der Waals surface area (Å²) in [5, 5.41) is 5.55. The van der Waals surface area contributed by atoms with Crippen molar-refractivity contribution in [3.63, 3.8) is 0 Å². The average Bonchev–Trinajstić information content (AvgIpc) is 3.72. The van der Waals surface area contributed by atoms with Crippen molar-refractivity contribution in [2.75, 3.05) is 0 Å². The molecule has 4 N–H and O–H groups in total. The summed E-state index contributed by atoms with van der Waals surface area (Å²) in [6.45, 7) is 5.31. The summed E-state index contributed by atoms with van der Waals surface area (Å²) < 4.78 is 5.42. The van der Waals surface area contributed by atoms with Gasteiger partial charge in [-0.05, 0) is 64.2 Å². The number of hydrogen-bond donors (Lipinski definition) is 3. The predicted molar refractivity (Wildman–Crippen MR) is 134 cm³/mol. The first-order chi connectivity index (χ1) is 16.9. The number of amides is 3. The molecular formula is C27H43N3O6. The van der Waals surface area contributed by atoms with Crippen molar-refractivity contribution < 1.29 is 28.7 Å². The molecule has 3 saturated carbocycles. The minimum atomic E-state index is -1.06. The van der Waals surface area contributed by atoms with Crippen molar-refractivity contribution >= 4 is 29.5 Å². The molecule has 0 aliphatic heterocycles. The summed E-state index contributed by atoms with van der Waals surface area (Å²) in [6.07, 6.45) is 8.97. The Morgan fingerprint density at radius 3 is 1.97 bits per heavy atom. The molecule has 0 bridgehead atoms. The zero-order chi connectivity index (χ0) is 26.5. The van der Waals surface area contributed by atoms with Crippen LogP contribution >= 0.6 is 0 Å². The lowest BCUT2D eigenvalue weighted by Gasteiger charge is -2.32. The summed E-state index contributed by atoms with van der Waals surface area (Å²) in [5.41, 5.74) is 4.53. The topological polar surface area (TPSA) is 145 Å². The molecule has 3 aliphatic carbocycles. The van der Waals surface area contributed by atoms with Crippen LogP contribution in [0.2, 0.25) is 0 Å². The van der Waals surface area contributed by atoms with Gasteiger partial charge in [-0.25, -0.2) is 4.79 Å². The van der Waals surface area contributed by atoms with E-state index in [1.807, 2.05) is 0 Å². The second-order valence-electron chi connectivity index (χ2n) is 12.0. The van der Waals surface area contributed by atoms with Crippen LogP contribution in [-0.2, 0) is 23.9 Å². The highest BCUT2D eigenvalue weighted by molar-refractivity contribution is 6.37. The van der Waals surface area contributed by atoms with Crippen LogP contribution in [0.3, 0.4) is 0 Å². The largest absolute Gasteiger partial charge is 0.444 e. The summed E-state index contributed by atoms with van der Waals surface area (Å²) in [5.74, 6) is -2.39. The quantitative estimate of drug-likeness (QED) is 0.328. The summed E-state index contributed by atoms with van der Waals surface area (Å²) in [4.78, 5) is 63.4. The fraction of sp³-hybridized carbons (Fsp3) is 0.815. The third kappa shape index (κ3) is 9.21. The lowest BCUT2D eigenvalue weighted by Crippen LogP contribution is -2.51. The van der Waals surface area contributed by atoms with E-state index in [1.54, 1.807) is 20.8 Å².